The first-order valence-electron chi connectivity index (χ1n) is 8.51. The lowest BCUT2D eigenvalue weighted by Gasteiger charge is -2.27. The Balaban J connectivity index is 0.00000192. The number of hydrogen-bond acceptors (Lipinski definition) is 5. The van der Waals surface area contributed by atoms with E-state index in [2.05, 4.69) is 20.8 Å². The second kappa shape index (κ2) is 8.64. The molecule has 1 atom stereocenters. The molecule has 2 fully saturated rings. The lowest BCUT2D eigenvalue weighted by atomic mass is 9.86. The second-order valence-electron chi connectivity index (χ2n) is 6.69. The summed E-state index contributed by atoms with van der Waals surface area (Å²) in [5.74, 6) is 2.72. The summed E-state index contributed by atoms with van der Waals surface area (Å²) < 4.78 is 5.26. The van der Waals surface area contributed by atoms with Crippen molar-refractivity contribution in [1.29, 1.82) is 0 Å². The van der Waals surface area contributed by atoms with E-state index in [0.29, 0.717) is 30.1 Å². The summed E-state index contributed by atoms with van der Waals surface area (Å²) >= 11 is 0. The van der Waals surface area contributed by atoms with Crippen molar-refractivity contribution in [1.82, 2.24) is 20.8 Å². The minimum Gasteiger partial charge on any atom is -0.353 e. The van der Waals surface area contributed by atoms with Crippen molar-refractivity contribution in [3.63, 3.8) is 0 Å². The predicted octanol–water partition coefficient (Wildman–Crippen LogP) is 2.33. The van der Waals surface area contributed by atoms with Gasteiger partial charge in [-0.05, 0) is 64.5 Å². The molecule has 0 aromatic carbocycles. The molecule has 1 amide bonds. The van der Waals surface area contributed by atoms with Crippen LogP contribution in [-0.2, 0) is 4.79 Å². The van der Waals surface area contributed by atoms with Gasteiger partial charge in [0.25, 0.3) is 0 Å². The molecular formula is C16H27ClN4O2. The van der Waals surface area contributed by atoms with Gasteiger partial charge in [-0.15, -0.1) is 12.4 Å². The fraction of sp³-hybridized carbons (Fsp3) is 0.812. The van der Waals surface area contributed by atoms with Gasteiger partial charge < -0.3 is 15.2 Å². The van der Waals surface area contributed by atoms with Crippen molar-refractivity contribution in [2.45, 2.75) is 63.8 Å². The van der Waals surface area contributed by atoms with Crippen LogP contribution in [0.15, 0.2) is 4.52 Å². The first kappa shape index (κ1) is 18.2. The van der Waals surface area contributed by atoms with Crippen LogP contribution < -0.4 is 10.6 Å². The van der Waals surface area contributed by atoms with E-state index in [-0.39, 0.29) is 18.3 Å². The number of hydrogen-bond donors (Lipinski definition) is 2. The van der Waals surface area contributed by atoms with E-state index in [1.165, 1.54) is 6.42 Å². The largest absolute Gasteiger partial charge is 0.353 e. The zero-order chi connectivity index (χ0) is 15.4. The first-order chi connectivity index (χ1) is 10.7. The highest BCUT2D eigenvalue weighted by Crippen LogP contribution is 2.31. The van der Waals surface area contributed by atoms with Crippen LogP contribution in [0.25, 0.3) is 0 Å². The van der Waals surface area contributed by atoms with Crippen molar-refractivity contribution >= 4 is 18.3 Å². The van der Waals surface area contributed by atoms with Crippen LogP contribution in [0.3, 0.4) is 0 Å². The van der Waals surface area contributed by atoms with Gasteiger partial charge in [-0.3, -0.25) is 4.79 Å². The highest BCUT2D eigenvalue weighted by molar-refractivity contribution is 5.85. The van der Waals surface area contributed by atoms with Gasteiger partial charge in [-0.1, -0.05) is 5.16 Å². The summed E-state index contributed by atoms with van der Waals surface area (Å²) in [7, 11) is 0. The predicted molar refractivity (Wildman–Crippen MR) is 89.6 cm³/mol. The standard InChI is InChI=1S/C16H26N4O2.ClH/c1-11-18-16(22-20-11)13-3-5-14(6-4-13)19-15(21)7-2-12-8-9-17-10-12;/h12-14,17H,2-10H2,1H3,(H,19,21);1H. The van der Waals surface area contributed by atoms with Crippen molar-refractivity contribution in [3.05, 3.63) is 11.7 Å². The topological polar surface area (TPSA) is 80.0 Å². The van der Waals surface area contributed by atoms with Crippen LogP contribution in [0.1, 0.15) is 62.6 Å². The van der Waals surface area contributed by atoms with Crippen molar-refractivity contribution in [2.75, 3.05) is 13.1 Å². The smallest absolute Gasteiger partial charge is 0.229 e. The van der Waals surface area contributed by atoms with Gasteiger partial charge in [0.05, 0.1) is 0 Å². The van der Waals surface area contributed by atoms with Crippen LogP contribution in [0.5, 0.6) is 0 Å². The average Bonchev–Trinajstić information content (AvgIpc) is 3.17. The molecule has 0 radical (unpaired) electrons. The lowest BCUT2D eigenvalue weighted by Crippen LogP contribution is -2.37. The molecule has 2 N–H and O–H groups in total. The van der Waals surface area contributed by atoms with Crippen molar-refractivity contribution < 1.29 is 9.32 Å². The number of nitrogens with one attached hydrogen (secondary N) is 2. The SMILES string of the molecule is Cc1noc(C2CCC(NC(=O)CCC3CCNC3)CC2)n1.Cl. The number of rotatable bonds is 5. The summed E-state index contributed by atoms with van der Waals surface area (Å²) in [5.41, 5.74) is 0. The molecule has 1 saturated carbocycles. The van der Waals surface area contributed by atoms with Gasteiger partial charge in [0.2, 0.25) is 11.8 Å². The Bertz CT molecular complexity index is 494. The Morgan fingerprint density at radius 2 is 2.09 bits per heavy atom. The normalized spacial score (nSPS) is 27.4. The molecule has 2 heterocycles. The van der Waals surface area contributed by atoms with E-state index < -0.39 is 0 Å². The molecule has 0 spiro atoms. The lowest BCUT2D eigenvalue weighted by molar-refractivity contribution is -0.122. The summed E-state index contributed by atoms with van der Waals surface area (Å²) in [4.78, 5) is 16.4. The Kier molecular flexibility index (Phi) is 6.84. The Morgan fingerprint density at radius 3 is 2.70 bits per heavy atom. The highest BCUT2D eigenvalue weighted by Gasteiger charge is 2.27. The maximum absolute atomic E-state index is 12.1. The number of nitrogens with zero attached hydrogens (tertiary/aromatic N) is 2. The van der Waals surface area contributed by atoms with E-state index in [1.54, 1.807) is 0 Å². The summed E-state index contributed by atoms with van der Waals surface area (Å²) in [6.07, 6.45) is 6.91. The first-order valence-corrected chi connectivity index (χ1v) is 8.51. The van der Waals surface area contributed by atoms with Crippen molar-refractivity contribution in [2.24, 2.45) is 5.92 Å². The van der Waals surface area contributed by atoms with Gasteiger partial charge in [-0.2, -0.15) is 4.98 Å². The number of carbonyl (C=O) groups excluding carboxylic acids is 1. The van der Waals surface area contributed by atoms with Gasteiger partial charge >= 0.3 is 0 Å². The number of halogens is 1. The fourth-order valence-electron chi connectivity index (χ4n) is 3.56. The molecule has 130 valence electrons. The van der Waals surface area contributed by atoms with Crippen LogP contribution in [0, 0.1) is 12.8 Å². The Hall–Kier alpha value is -1.14. The van der Waals surface area contributed by atoms with E-state index in [0.717, 1.165) is 51.1 Å². The average molecular weight is 343 g/mol. The molecule has 1 aromatic rings. The third-order valence-electron chi connectivity index (χ3n) is 4.93. The molecule has 0 bridgehead atoms. The molecule has 3 rings (SSSR count). The number of aryl methyl sites for hydroxylation is 1. The highest BCUT2D eigenvalue weighted by atomic mass is 35.5. The van der Waals surface area contributed by atoms with Crippen LogP contribution in [0.4, 0.5) is 0 Å². The molecule has 1 aromatic heterocycles. The van der Waals surface area contributed by atoms with Crippen molar-refractivity contribution in [3.8, 4) is 0 Å². The molecular weight excluding hydrogens is 316 g/mol. The maximum atomic E-state index is 12.1. The van der Waals surface area contributed by atoms with E-state index in [9.17, 15) is 4.79 Å². The summed E-state index contributed by atoms with van der Waals surface area (Å²) in [5, 5.41) is 10.4. The molecule has 7 heteroatoms. The summed E-state index contributed by atoms with van der Waals surface area (Å²) in [6.45, 7) is 4.02. The Morgan fingerprint density at radius 1 is 1.30 bits per heavy atom. The minimum atomic E-state index is 0. The van der Waals surface area contributed by atoms with E-state index in [4.69, 9.17) is 4.52 Å². The minimum absolute atomic E-state index is 0. The third kappa shape index (κ3) is 5.18. The third-order valence-corrected chi connectivity index (χ3v) is 4.93. The molecule has 6 nitrogen and oxygen atoms in total. The number of amides is 1. The van der Waals surface area contributed by atoms with Crippen LogP contribution >= 0.6 is 12.4 Å². The van der Waals surface area contributed by atoms with Crippen LogP contribution in [-0.4, -0.2) is 35.2 Å². The quantitative estimate of drug-likeness (QED) is 0.858. The van der Waals surface area contributed by atoms with Gasteiger partial charge in [0.1, 0.15) is 0 Å². The van der Waals surface area contributed by atoms with Gasteiger partial charge in [0.15, 0.2) is 5.82 Å². The van der Waals surface area contributed by atoms with E-state index >= 15 is 0 Å². The maximum Gasteiger partial charge on any atom is 0.229 e. The van der Waals surface area contributed by atoms with Crippen LogP contribution in [0.2, 0.25) is 0 Å². The second-order valence-corrected chi connectivity index (χ2v) is 6.69. The zero-order valence-corrected chi connectivity index (χ0v) is 14.5. The number of aromatic nitrogens is 2. The molecule has 1 aliphatic heterocycles. The van der Waals surface area contributed by atoms with Gasteiger partial charge in [-0.25, -0.2) is 0 Å². The fourth-order valence-corrected chi connectivity index (χ4v) is 3.56. The zero-order valence-electron chi connectivity index (χ0n) is 13.7. The Labute approximate surface area is 143 Å². The molecule has 23 heavy (non-hydrogen) atoms. The molecule has 1 unspecified atom stereocenters. The molecule has 1 saturated heterocycles. The number of carbonyl (C=O) groups is 1. The van der Waals surface area contributed by atoms with Gasteiger partial charge in [0, 0.05) is 18.4 Å². The molecule has 1 aliphatic carbocycles. The molecule has 2 aliphatic rings. The monoisotopic (exact) mass is 342 g/mol. The van der Waals surface area contributed by atoms with E-state index in [1.807, 2.05) is 6.92 Å². The summed E-state index contributed by atoms with van der Waals surface area (Å²) in [6, 6.07) is 0.314.